The number of halogens is 3. The molecule has 0 saturated heterocycles. The molecular weight excluding hydrogens is 309 g/mol. The number of carbonyl (C=O) groups is 1. The number of fused-ring (bicyclic) bond motifs is 1. The highest BCUT2D eigenvalue weighted by Gasteiger charge is 2.52. The summed E-state index contributed by atoms with van der Waals surface area (Å²) in [6.45, 7) is 3.42. The van der Waals surface area contributed by atoms with Gasteiger partial charge in [0.2, 0.25) is 12.0 Å². The second kappa shape index (κ2) is 6.49. The molecule has 124 valence electrons. The van der Waals surface area contributed by atoms with Crippen molar-refractivity contribution in [2.24, 2.45) is 11.8 Å². The first-order chi connectivity index (χ1) is 10.7. The molecule has 0 fully saturated rings. The molecule has 1 amide bonds. The number of alkyl halides is 3. The molecule has 1 N–H and O–H groups in total. The van der Waals surface area contributed by atoms with Crippen LogP contribution in [-0.2, 0) is 11.2 Å². The number of hydrogen-bond acceptors (Lipinski definition) is 3. The van der Waals surface area contributed by atoms with Crippen LogP contribution in [0.15, 0.2) is 24.3 Å². The van der Waals surface area contributed by atoms with Crippen molar-refractivity contribution in [2.75, 3.05) is 0 Å². The molecule has 0 aromatic heterocycles. The van der Waals surface area contributed by atoms with Crippen LogP contribution in [0.1, 0.15) is 19.4 Å². The summed E-state index contributed by atoms with van der Waals surface area (Å²) in [6.07, 6.45) is -6.97. The van der Waals surface area contributed by atoms with Gasteiger partial charge in [0.05, 0.1) is 12.0 Å². The molecule has 2 rings (SSSR count). The maximum atomic E-state index is 13.3. The van der Waals surface area contributed by atoms with E-state index in [0.717, 1.165) is 0 Å². The summed E-state index contributed by atoms with van der Waals surface area (Å²) in [7, 11) is 0. The van der Waals surface area contributed by atoms with Gasteiger partial charge in [-0.15, -0.1) is 0 Å². The highest BCUT2D eigenvalue weighted by atomic mass is 19.4. The Kier molecular flexibility index (Phi) is 4.83. The number of ether oxygens (including phenoxy) is 1. The molecule has 1 aliphatic heterocycles. The van der Waals surface area contributed by atoms with E-state index in [1.54, 1.807) is 32.0 Å². The average molecular weight is 326 g/mol. The molecule has 0 radical (unpaired) electrons. The molecule has 23 heavy (non-hydrogen) atoms. The maximum absolute atomic E-state index is 13.3. The molecule has 7 heteroatoms. The number of hydrogen-bond donors (Lipinski definition) is 1. The van der Waals surface area contributed by atoms with E-state index in [1.807, 2.05) is 6.07 Å². The molecule has 1 aliphatic rings. The summed E-state index contributed by atoms with van der Waals surface area (Å²) in [5.41, 5.74) is 0.547. The fourth-order valence-electron chi connectivity index (χ4n) is 2.48. The van der Waals surface area contributed by atoms with E-state index in [2.05, 4.69) is 5.32 Å². The van der Waals surface area contributed by atoms with Crippen molar-refractivity contribution in [1.82, 2.24) is 5.32 Å². The molecule has 1 heterocycles. The van der Waals surface area contributed by atoms with E-state index in [9.17, 15) is 18.0 Å². The van der Waals surface area contributed by atoms with E-state index in [0.29, 0.717) is 5.56 Å². The zero-order valence-corrected chi connectivity index (χ0v) is 12.7. The number of nitrogens with zero attached hydrogens (tertiary/aromatic N) is 1. The first-order valence-corrected chi connectivity index (χ1v) is 7.25. The van der Waals surface area contributed by atoms with Crippen LogP contribution >= 0.6 is 0 Å². The van der Waals surface area contributed by atoms with Crippen LogP contribution in [0.5, 0.6) is 5.75 Å². The van der Waals surface area contributed by atoms with Crippen LogP contribution < -0.4 is 10.1 Å². The lowest BCUT2D eigenvalue weighted by molar-refractivity contribution is -0.213. The van der Waals surface area contributed by atoms with Gasteiger partial charge in [0.1, 0.15) is 11.8 Å². The summed E-state index contributed by atoms with van der Waals surface area (Å²) in [6, 6.07) is 7.39. The van der Waals surface area contributed by atoms with E-state index >= 15 is 0 Å². The quantitative estimate of drug-likeness (QED) is 0.929. The number of nitriles is 1. The number of para-hydroxylation sites is 1. The van der Waals surface area contributed by atoms with Crippen molar-refractivity contribution >= 4 is 5.91 Å². The largest absolute Gasteiger partial charge is 0.480 e. The van der Waals surface area contributed by atoms with Crippen molar-refractivity contribution in [3.63, 3.8) is 0 Å². The van der Waals surface area contributed by atoms with Gasteiger partial charge < -0.3 is 10.1 Å². The van der Waals surface area contributed by atoms with Crippen LogP contribution in [0, 0.1) is 23.2 Å². The highest BCUT2D eigenvalue weighted by Crippen LogP contribution is 2.38. The van der Waals surface area contributed by atoms with Crippen molar-refractivity contribution in [3.8, 4) is 11.8 Å². The van der Waals surface area contributed by atoms with E-state index in [1.165, 1.54) is 6.07 Å². The smallest absolute Gasteiger partial charge is 0.426 e. The molecule has 0 unspecified atom stereocenters. The molecule has 4 nitrogen and oxygen atoms in total. The third-order valence-corrected chi connectivity index (χ3v) is 3.79. The van der Waals surface area contributed by atoms with Gasteiger partial charge in [0, 0.05) is 0 Å². The molecule has 1 aromatic carbocycles. The van der Waals surface area contributed by atoms with Gasteiger partial charge in [0.25, 0.3) is 0 Å². The Morgan fingerprint density at radius 3 is 2.61 bits per heavy atom. The monoisotopic (exact) mass is 326 g/mol. The standard InChI is InChI=1S/C16H17F3N2O2/c1-9(2)12(8-20)21-15(22)11-7-10-5-3-4-6-13(10)23-14(11)16(17,18)19/h3-6,9,11-12,14H,7H2,1-2H3,(H,21,22)/t11-,12+,14-/m0/s1. The lowest BCUT2D eigenvalue weighted by atomic mass is 9.89. The van der Waals surface area contributed by atoms with Crippen molar-refractivity contribution < 1.29 is 22.7 Å². The number of rotatable bonds is 3. The number of benzene rings is 1. The predicted molar refractivity (Wildman–Crippen MR) is 76.5 cm³/mol. The van der Waals surface area contributed by atoms with Gasteiger partial charge in [-0.25, -0.2) is 0 Å². The molecule has 0 aliphatic carbocycles. The van der Waals surface area contributed by atoms with Gasteiger partial charge >= 0.3 is 6.18 Å². The van der Waals surface area contributed by atoms with Crippen LogP contribution in [0.25, 0.3) is 0 Å². The molecule has 0 bridgehead atoms. The SMILES string of the molecule is CC(C)[C@@H](C#N)NC(=O)[C@H]1Cc2ccccc2O[C@@H]1C(F)(F)F. The van der Waals surface area contributed by atoms with Gasteiger partial charge in [0.15, 0.2) is 0 Å². The lowest BCUT2D eigenvalue weighted by Crippen LogP contribution is -2.53. The van der Waals surface area contributed by atoms with Gasteiger partial charge in [-0.05, 0) is 24.0 Å². The van der Waals surface area contributed by atoms with E-state index in [-0.39, 0.29) is 18.1 Å². The normalized spacial score (nSPS) is 21.8. The third-order valence-electron chi connectivity index (χ3n) is 3.79. The van der Waals surface area contributed by atoms with E-state index in [4.69, 9.17) is 10.00 Å². The maximum Gasteiger partial charge on any atom is 0.426 e. The first-order valence-electron chi connectivity index (χ1n) is 7.25. The Balaban J connectivity index is 2.27. The van der Waals surface area contributed by atoms with Crippen LogP contribution in [0.3, 0.4) is 0 Å². The predicted octanol–water partition coefficient (Wildman–Crippen LogP) is 2.83. The second-order valence-corrected chi connectivity index (χ2v) is 5.86. The Labute approximate surface area is 132 Å². The van der Waals surface area contributed by atoms with Crippen LogP contribution in [0.4, 0.5) is 13.2 Å². The fourth-order valence-corrected chi connectivity index (χ4v) is 2.48. The minimum Gasteiger partial charge on any atom is -0.480 e. The fraction of sp³-hybridized carbons (Fsp3) is 0.500. The molecular formula is C16H17F3N2O2. The zero-order valence-electron chi connectivity index (χ0n) is 12.7. The summed E-state index contributed by atoms with van der Waals surface area (Å²) in [5, 5.41) is 11.4. The first kappa shape index (κ1) is 17.1. The Morgan fingerprint density at radius 1 is 1.39 bits per heavy atom. The van der Waals surface area contributed by atoms with Crippen LogP contribution in [0.2, 0.25) is 0 Å². The van der Waals surface area contributed by atoms with Crippen molar-refractivity contribution in [1.29, 1.82) is 5.26 Å². The zero-order chi connectivity index (χ0) is 17.2. The third kappa shape index (κ3) is 3.76. The van der Waals surface area contributed by atoms with E-state index < -0.39 is 30.1 Å². The minimum atomic E-state index is -4.67. The lowest BCUT2D eigenvalue weighted by Gasteiger charge is -2.34. The molecule has 1 aromatic rings. The van der Waals surface area contributed by atoms with Crippen LogP contribution in [-0.4, -0.2) is 24.2 Å². The Morgan fingerprint density at radius 2 is 2.04 bits per heavy atom. The summed E-state index contributed by atoms with van der Waals surface area (Å²) >= 11 is 0. The Bertz CT molecular complexity index is 622. The molecule has 3 atom stereocenters. The van der Waals surface area contributed by atoms with Crippen molar-refractivity contribution in [3.05, 3.63) is 29.8 Å². The summed E-state index contributed by atoms with van der Waals surface area (Å²) < 4.78 is 44.8. The van der Waals surface area contributed by atoms with Gasteiger partial charge in [-0.1, -0.05) is 32.0 Å². The van der Waals surface area contributed by atoms with Gasteiger partial charge in [-0.2, -0.15) is 18.4 Å². The number of amides is 1. The number of carbonyl (C=O) groups excluding carboxylic acids is 1. The second-order valence-electron chi connectivity index (χ2n) is 5.86. The highest BCUT2D eigenvalue weighted by molar-refractivity contribution is 5.81. The molecule has 0 spiro atoms. The van der Waals surface area contributed by atoms with Crippen molar-refractivity contribution in [2.45, 2.75) is 38.6 Å². The summed E-state index contributed by atoms with van der Waals surface area (Å²) in [5.74, 6) is -2.30. The average Bonchev–Trinajstić information content (AvgIpc) is 2.49. The molecule has 0 saturated carbocycles. The minimum absolute atomic E-state index is 0.0809. The topological polar surface area (TPSA) is 62.1 Å². The van der Waals surface area contributed by atoms with Gasteiger partial charge in [-0.3, -0.25) is 4.79 Å². The summed E-state index contributed by atoms with van der Waals surface area (Å²) in [4.78, 5) is 12.3. The number of nitrogens with one attached hydrogen (secondary N) is 1. The Hall–Kier alpha value is -2.23.